The van der Waals surface area contributed by atoms with Crippen LogP contribution in [0.5, 0.6) is 0 Å². The molecule has 0 saturated heterocycles. The van der Waals surface area contributed by atoms with Crippen molar-refractivity contribution in [3.8, 4) is 0 Å². The van der Waals surface area contributed by atoms with Gasteiger partial charge in [0.25, 0.3) is 0 Å². The summed E-state index contributed by atoms with van der Waals surface area (Å²) in [6, 6.07) is 1.92. The first kappa shape index (κ1) is 15.0. The molecule has 1 aliphatic rings. The zero-order valence-electron chi connectivity index (χ0n) is 11.3. The number of thiocarbonyl (C=S) groups is 1. The van der Waals surface area contributed by atoms with E-state index in [4.69, 9.17) is 21.4 Å². The highest BCUT2D eigenvalue weighted by Crippen LogP contribution is 2.30. The maximum absolute atomic E-state index is 12.1. The zero-order valence-corrected chi connectivity index (χ0v) is 12.2. The van der Waals surface area contributed by atoms with E-state index in [1.54, 1.807) is 13.8 Å². The van der Waals surface area contributed by atoms with Gasteiger partial charge in [-0.3, -0.25) is 10.1 Å². The summed E-state index contributed by atoms with van der Waals surface area (Å²) in [4.78, 5) is 22.1. The van der Waals surface area contributed by atoms with E-state index < -0.39 is 22.8 Å². The fraction of sp³-hybridized carbons (Fsp3) is 0.333. The van der Waals surface area contributed by atoms with Crippen molar-refractivity contribution >= 4 is 29.2 Å². The van der Waals surface area contributed by atoms with Gasteiger partial charge in [-0.1, -0.05) is 0 Å². The van der Waals surface area contributed by atoms with Crippen LogP contribution in [-0.4, -0.2) is 22.6 Å². The molecule has 112 valence electrons. The van der Waals surface area contributed by atoms with Crippen LogP contribution < -0.4 is 10.6 Å². The van der Waals surface area contributed by atoms with Crippen molar-refractivity contribution < 1.29 is 18.9 Å². The number of furan rings is 1. The monoisotopic (exact) mass is 311 g/mol. The molecule has 1 aromatic heterocycles. The first-order chi connectivity index (χ1) is 9.93. The van der Waals surface area contributed by atoms with E-state index in [1.165, 1.54) is 12.1 Å². The van der Waals surface area contributed by atoms with Crippen LogP contribution in [0.1, 0.15) is 25.6 Å². The summed E-state index contributed by atoms with van der Waals surface area (Å²) in [5.41, 5.74) is 0.788. The molecular weight excluding hydrogens is 298 g/mol. The molecule has 2 heterocycles. The molecular formula is C12H13N3O5S. The topological polar surface area (TPSA) is 107 Å². The van der Waals surface area contributed by atoms with Gasteiger partial charge in [0.15, 0.2) is 5.11 Å². The first-order valence-electron chi connectivity index (χ1n) is 6.13. The molecule has 1 aliphatic heterocycles. The molecule has 0 fully saturated rings. The minimum atomic E-state index is -0.730. The Morgan fingerprint density at radius 2 is 2.29 bits per heavy atom. The highest BCUT2D eigenvalue weighted by molar-refractivity contribution is 7.80. The lowest BCUT2D eigenvalue weighted by Gasteiger charge is -2.27. The molecule has 0 spiro atoms. The molecule has 1 atom stereocenters. The number of carbonyl (C=O) groups excluding carboxylic acids is 1. The van der Waals surface area contributed by atoms with Gasteiger partial charge < -0.3 is 19.8 Å². The van der Waals surface area contributed by atoms with Crippen molar-refractivity contribution in [1.29, 1.82) is 0 Å². The average Bonchev–Trinajstić information content (AvgIpc) is 2.87. The van der Waals surface area contributed by atoms with Crippen molar-refractivity contribution in [3.63, 3.8) is 0 Å². The molecule has 0 amide bonds. The second-order valence-electron chi connectivity index (χ2n) is 4.22. The summed E-state index contributed by atoms with van der Waals surface area (Å²) in [5.74, 6) is -0.730. The summed E-state index contributed by atoms with van der Waals surface area (Å²) in [6.07, 6.45) is 0. The third kappa shape index (κ3) is 3.02. The minimum Gasteiger partial charge on any atom is -0.463 e. The van der Waals surface area contributed by atoms with Gasteiger partial charge in [-0.25, -0.2) is 4.79 Å². The predicted octanol–water partition coefficient (Wildman–Crippen LogP) is 1.54. The van der Waals surface area contributed by atoms with E-state index in [9.17, 15) is 14.9 Å². The Hall–Kier alpha value is -2.42. The third-order valence-corrected chi connectivity index (χ3v) is 3.06. The van der Waals surface area contributed by atoms with E-state index in [0.717, 1.165) is 0 Å². The Balaban J connectivity index is 2.41. The lowest BCUT2D eigenvalue weighted by atomic mass is 10.0. The van der Waals surface area contributed by atoms with E-state index in [1.807, 2.05) is 0 Å². The molecule has 2 rings (SSSR count). The summed E-state index contributed by atoms with van der Waals surface area (Å²) >= 11 is 5.04. The Labute approximate surface area is 125 Å². The fourth-order valence-corrected chi connectivity index (χ4v) is 2.25. The molecule has 1 aromatic rings. The number of nitrogens with zero attached hydrogens (tertiary/aromatic N) is 1. The van der Waals surface area contributed by atoms with Crippen LogP contribution in [0.4, 0.5) is 5.88 Å². The molecule has 8 nitrogen and oxygen atoms in total. The standard InChI is InChI=1S/C12H13N3O5S/c1-3-19-11(16)9-6(2)13-12(21)14-10(9)7-4-5-8(20-7)15(17)18/h4-5,10H,3H2,1-2H3,(H2,13,14,21)/t10-/m0/s1. The number of rotatable bonds is 4. The number of carbonyl (C=O) groups is 1. The molecule has 0 saturated carbocycles. The largest absolute Gasteiger partial charge is 0.463 e. The van der Waals surface area contributed by atoms with Gasteiger partial charge in [0, 0.05) is 5.70 Å². The number of esters is 1. The zero-order chi connectivity index (χ0) is 15.6. The number of nitro groups is 1. The van der Waals surface area contributed by atoms with Crippen molar-refractivity contribution in [2.45, 2.75) is 19.9 Å². The van der Waals surface area contributed by atoms with Crippen LogP contribution in [0.25, 0.3) is 0 Å². The van der Waals surface area contributed by atoms with Crippen molar-refractivity contribution in [2.24, 2.45) is 0 Å². The predicted molar refractivity (Wildman–Crippen MR) is 76.3 cm³/mol. The van der Waals surface area contributed by atoms with Gasteiger partial charge in [-0.15, -0.1) is 0 Å². The maximum atomic E-state index is 12.1. The van der Waals surface area contributed by atoms with Crippen molar-refractivity contribution in [3.05, 3.63) is 39.3 Å². The summed E-state index contributed by atoms with van der Waals surface area (Å²) in [6.45, 7) is 3.57. The van der Waals surface area contributed by atoms with Crippen LogP contribution >= 0.6 is 12.2 Å². The lowest BCUT2D eigenvalue weighted by Crippen LogP contribution is -2.45. The van der Waals surface area contributed by atoms with Gasteiger partial charge in [0.2, 0.25) is 0 Å². The van der Waals surface area contributed by atoms with Gasteiger partial charge in [0.1, 0.15) is 16.7 Å². The second-order valence-corrected chi connectivity index (χ2v) is 4.63. The molecule has 21 heavy (non-hydrogen) atoms. The van der Waals surface area contributed by atoms with Crippen molar-refractivity contribution in [1.82, 2.24) is 10.6 Å². The number of nitrogens with one attached hydrogen (secondary N) is 2. The SMILES string of the molecule is CCOC(=O)C1=C(C)NC(=S)N[C@H]1c1ccc([N+](=O)[O-])o1. The summed E-state index contributed by atoms with van der Waals surface area (Å²) in [5, 5.41) is 16.7. The molecule has 0 bridgehead atoms. The van der Waals surface area contributed by atoms with Crippen LogP contribution in [0.15, 0.2) is 27.8 Å². The van der Waals surface area contributed by atoms with E-state index in [2.05, 4.69) is 10.6 Å². The van der Waals surface area contributed by atoms with E-state index in [0.29, 0.717) is 10.8 Å². The number of ether oxygens (including phenoxy) is 1. The second kappa shape index (κ2) is 5.92. The van der Waals surface area contributed by atoms with Gasteiger partial charge >= 0.3 is 11.9 Å². The Morgan fingerprint density at radius 1 is 1.57 bits per heavy atom. The van der Waals surface area contributed by atoms with Gasteiger partial charge in [-0.2, -0.15) is 0 Å². The van der Waals surface area contributed by atoms with Crippen LogP contribution in [-0.2, 0) is 9.53 Å². The summed E-state index contributed by atoms with van der Waals surface area (Å²) in [7, 11) is 0. The smallest absolute Gasteiger partial charge is 0.433 e. The Morgan fingerprint density at radius 3 is 2.86 bits per heavy atom. The highest BCUT2D eigenvalue weighted by Gasteiger charge is 2.33. The maximum Gasteiger partial charge on any atom is 0.433 e. The molecule has 0 unspecified atom stereocenters. The quantitative estimate of drug-likeness (QED) is 0.373. The minimum absolute atomic E-state index is 0.213. The van der Waals surface area contributed by atoms with E-state index in [-0.39, 0.29) is 17.9 Å². The fourth-order valence-electron chi connectivity index (χ4n) is 1.98. The molecule has 0 radical (unpaired) electrons. The highest BCUT2D eigenvalue weighted by atomic mass is 32.1. The number of allylic oxidation sites excluding steroid dienone is 1. The van der Waals surface area contributed by atoms with Crippen LogP contribution in [0.2, 0.25) is 0 Å². The van der Waals surface area contributed by atoms with Gasteiger partial charge in [-0.05, 0) is 32.1 Å². The van der Waals surface area contributed by atoms with Crippen LogP contribution in [0.3, 0.4) is 0 Å². The molecule has 0 aromatic carbocycles. The lowest BCUT2D eigenvalue weighted by molar-refractivity contribution is -0.402. The summed E-state index contributed by atoms with van der Waals surface area (Å²) < 4.78 is 10.1. The Kier molecular flexibility index (Phi) is 4.22. The third-order valence-electron chi connectivity index (χ3n) is 2.84. The molecule has 9 heteroatoms. The number of hydrogen-bond acceptors (Lipinski definition) is 6. The Bertz CT molecular complexity index is 637. The molecule has 2 N–H and O–H groups in total. The van der Waals surface area contributed by atoms with E-state index >= 15 is 0 Å². The molecule has 0 aliphatic carbocycles. The van der Waals surface area contributed by atoms with Gasteiger partial charge in [0.05, 0.1) is 18.2 Å². The average molecular weight is 311 g/mol. The normalized spacial score (nSPS) is 18.0. The number of hydrogen-bond donors (Lipinski definition) is 2. The first-order valence-corrected chi connectivity index (χ1v) is 6.54. The van der Waals surface area contributed by atoms with Crippen LogP contribution in [0, 0.1) is 10.1 Å². The van der Waals surface area contributed by atoms with Crippen molar-refractivity contribution in [2.75, 3.05) is 6.61 Å².